The molecule has 0 aliphatic carbocycles. The number of carboxylic acid groups (broad SMARTS) is 1. The van der Waals surface area contributed by atoms with E-state index in [9.17, 15) is 27.9 Å². The van der Waals surface area contributed by atoms with E-state index in [2.05, 4.69) is 31.8 Å². The molecule has 2 aromatic carbocycles. The summed E-state index contributed by atoms with van der Waals surface area (Å²) in [6, 6.07) is 10.5. The third-order valence-corrected chi connectivity index (χ3v) is 6.40. The van der Waals surface area contributed by atoms with Gasteiger partial charge in [-0.2, -0.15) is 23.4 Å². The van der Waals surface area contributed by atoms with Crippen LogP contribution in [0.25, 0.3) is 11.1 Å². The van der Waals surface area contributed by atoms with Crippen molar-refractivity contribution in [3.05, 3.63) is 76.6 Å². The molecule has 2 amide bonds. The highest BCUT2D eigenvalue weighted by Crippen LogP contribution is 2.39. The average Bonchev–Trinajstić information content (AvgIpc) is 3.67. The summed E-state index contributed by atoms with van der Waals surface area (Å²) in [5.41, 5.74) is 0.374. The number of amides is 2. The van der Waals surface area contributed by atoms with Crippen molar-refractivity contribution in [2.75, 3.05) is 10.6 Å². The van der Waals surface area contributed by atoms with Crippen molar-refractivity contribution in [1.29, 1.82) is 0 Å². The quantitative estimate of drug-likeness (QED) is 0.241. The lowest BCUT2D eigenvalue weighted by atomic mass is 9.92. The number of anilines is 2. The number of aromatic carboxylic acids is 1. The van der Waals surface area contributed by atoms with Gasteiger partial charge in [0.25, 0.3) is 0 Å². The zero-order valence-corrected chi connectivity index (χ0v) is 21.0. The molecule has 200 valence electrons. The minimum absolute atomic E-state index is 0.0805. The molecule has 0 atom stereocenters. The van der Waals surface area contributed by atoms with Gasteiger partial charge in [0, 0.05) is 36.8 Å². The van der Waals surface area contributed by atoms with Crippen LogP contribution in [0.4, 0.5) is 29.3 Å². The average molecular weight is 556 g/mol. The maximum atomic E-state index is 13.1. The molecular formula is C27H21ClF3N5O3. The predicted octanol–water partition coefficient (Wildman–Crippen LogP) is 7.27. The van der Waals surface area contributed by atoms with E-state index in [0.717, 1.165) is 12.1 Å². The minimum Gasteiger partial charge on any atom is -0.477 e. The van der Waals surface area contributed by atoms with Crippen LogP contribution in [-0.2, 0) is 12.6 Å². The Morgan fingerprint density at radius 1 is 1.03 bits per heavy atom. The van der Waals surface area contributed by atoms with Gasteiger partial charge in [0.05, 0.1) is 10.6 Å². The molecule has 2 heterocycles. The molecule has 12 heteroatoms. The Hall–Kier alpha value is -4.43. The number of alkyl halides is 3. The van der Waals surface area contributed by atoms with Gasteiger partial charge in [0.1, 0.15) is 0 Å². The second kappa shape index (κ2) is 11.1. The van der Waals surface area contributed by atoms with Crippen molar-refractivity contribution in [2.45, 2.75) is 37.5 Å². The molecule has 0 unspecified atom stereocenters. The number of nitrogens with one attached hydrogen (secondary N) is 2. The summed E-state index contributed by atoms with van der Waals surface area (Å²) in [5, 5.41) is 22.3. The predicted molar refractivity (Wildman–Crippen MR) is 140 cm³/mol. The first-order chi connectivity index (χ1) is 18.5. The van der Waals surface area contributed by atoms with Crippen molar-refractivity contribution in [3.8, 4) is 23.5 Å². The molecule has 0 spiro atoms. The van der Waals surface area contributed by atoms with Crippen LogP contribution >= 0.6 is 11.6 Å². The van der Waals surface area contributed by atoms with Crippen molar-refractivity contribution in [3.63, 3.8) is 0 Å². The van der Waals surface area contributed by atoms with E-state index < -0.39 is 34.4 Å². The molecule has 0 fully saturated rings. The van der Waals surface area contributed by atoms with Crippen LogP contribution in [-0.4, -0.2) is 27.8 Å². The molecule has 0 bridgehead atoms. The molecule has 3 aromatic rings. The van der Waals surface area contributed by atoms with Gasteiger partial charge in [-0.05, 0) is 59.5 Å². The SMILES string of the molecule is C#CCCC1(CCc2c(-c3ccc(NC(=O)Nc4ccc(Cl)c(C(F)(F)F)c4)cc3)ccnc2C(=O)O)N=N1. The Kier molecular flexibility index (Phi) is 7.88. The van der Waals surface area contributed by atoms with Gasteiger partial charge >= 0.3 is 18.2 Å². The largest absolute Gasteiger partial charge is 0.477 e. The Morgan fingerprint density at radius 3 is 2.31 bits per heavy atom. The first kappa shape index (κ1) is 27.6. The highest BCUT2D eigenvalue weighted by Gasteiger charge is 2.39. The maximum absolute atomic E-state index is 13.1. The third kappa shape index (κ3) is 6.72. The van der Waals surface area contributed by atoms with Crippen LogP contribution in [0.1, 0.15) is 40.9 Å². The lowest BCUT2D eigenvalue weighted by Gasteiger charge is -2.15. The number of halogens is 4. The maximum Gasteiger partial charge on any atom is 0.417 e. The Labute approximate surface area is 226 Å². The number of hydrogen-bond acceptors (Lipinski definition) is 5. The number of nitrogens with zero attached hydrogens (tertiary/aromatic N) is 3. The summed E-state index contributed by atoms with van der Waals surface area (Å²) < 4.78 is 39.2. The Balaban J connectivity index is 1.49. The molecule has 0 saturated carbocycles. The smallest absolute Gasteiger partial charge is 0.417 e. The minimum atomic E-state index is -4.67. The van der Waals surface area contributed by atoms with Crippen molar-refractivity contribution >= 4 is 35.0 Å². The van der Waals surface area contributed by atoms with Crippen LogP contribution < -0.4 is 10.6 Å². The third-order valence-electron chi connectivity index (χ3n) is 6.07. The number of rotatable bonds is 9. The summed E-state index contributed by atoms with van der Waals surface area (Å²) >= 11 is 5.61. The number of terminal acetylenes is 1. The first-order valence-electron chi connectivity index (χ1n) is 11.7. The lowest BCUT2D eigenvalue weighted by Crippen LogP contribution is -2.20. The van der Waals surface area contributed by atoms with Crippen LogP contribution in [0.2, 0.25) is 5.02 Å². The number of pyridine rings is 1. The molecule has 4 rings (SSSR count). The van der Waals surface area contributed by atoms with E-state index in [1.54, 1.807) is 30.3 Å². The van der Waals surface area contributed by atoms with Gasteiger partial charge < -0.3 is 15.7 Å². The molecule has 1 aliphatic heterocycles. The van der Waals surface area contributed by atoms with Crippen LogP contribution in [0.15, 0.2) is 65.0 Å². The monoisotopic (exact) mass is 555 g/mol. The van der Waals surface area contributed by atoms with Crippen LogP contribution in [0, 0.1) is 12.3 Å². The van der Waals surface area contributed by atoms with E-state index in [0.29, 0.717) is 48.1 Å². The molecule has 0 saturated heterocycles. The molecule has 39 heavy (non-hydrogen) atoms. The number of hydrogen-bond donors (Lipinski definition) is 3. The molecule has 1 aliphatic rings. The van der Waals surface area contributed by atoms with Crippen LogP contribution in [0.5, 0.6) is 0 Å². The highest BCUT2D eigenvalue weighted by molar-refractivity contribution is 6.31. The zero-order chi connectivity index (χ0) is 28.2. The van der Waals surface area contributed by atoms with E-state index >= 15 is 0 Å². The summed E-state index contributed by atoms with van der Waals surface area (Å²) in [6.45, 7) is 0. The first-order valence-corrected chi connectivity index (χ1v) is 12.0. The summed E-state index contributed by atoms with van der Waals surface area (Å²) in [6.07, 6.45) is 4.00. The van der Waals surface area contributed by atoms with Crippen molar-refractivity contribution in [2.24, 2.45) is 10.2 Å². The number of benzene rings is 2. The van der Waals surface area contributed by atoms with Crippen molar-refractivity contribution in [1.82, 2.24) is 4.98 Å². The Bertz CT molecular complexity index is 1480. The second-order valence-corrected chi connectivity index (χ2v) is 9.13. The summed E-state index contributed by atoms with van der Waals surface area (Å²) in [7, 11) is 0. The zero-order valence-electron chi connectivity index (χ0n) is 20.2. The second-order valence-electron chi connectivity index (χ2n) is 8.73. The number of carbonyl (C=O) groups excluding carboxylic acids is 1. The fourth-order valence-corrected chi connectivity index (χ4v) is 4.27. The number of carboxylic acids is 1. The fourth-order valence-electron chi connectivity index (χ4n) is 4.04. The van der Waals surface area contributed by atoms with E-state index in [-0.39, 0.29) is 11.4 Å². The van der Waals surface area contributed by atoms with Crippen LogP contribution in [0.3, 0.4) is 0 Å². The molecular weight excluding hydrogens is 535 g/mol. The molecule has 3 N–H and O–H groups in total. The summed E-state index contributed by atoms with van der Waals surface area (Å²) in [5.74, 6) is 1.39. The standard InChI is InChI=1S/C27H21ClF3N5O3/c1-2-3-12-26(35-36-26)13-10-20-19(11-14-32-23(20)24(37)38)16-4-6-17(7-5-16)33-25(39)34-18-8-9-22(28)21(15-18)27(29,30)31/h1,4-9,11,14-15H,3,10,12-13H2,(H,37,38)(H2,33,34,39). The van der Waals surface area contributed by atoms with Gasteiger partial charge in [-0.15, -0.1) is 12.3 Å². The normalized spacial score (nSPS) is 13.4. The number of aromatic nitrogens is 1. The van der Waals surface area contributed by atoms with Gasteiger partial charge in [0.15, 0.2) is 11.4 Å². The van der Waals surface area contributed by atoms with Gasteiger partial charge in [0.2, 0.25) is 0 Å². The van der Waals surface area contributed by atoms with Gasteiger partial charge in [-0.25, -0.2) is 14.6 Å². The number of carbonyl (C=O) groups is 2. The lowest BCUT2D eigenvalue weighted by molar-refractivity contribution is -0.137. The van der Waals surface area contributed by atoms with Gasteiger partial charge in [-0.3, -0.25) is 0 Å². The Morgan fingerprint density at radius 2 is 1.69 bits per heavy atom. The van der Waals surface area contributed by atoms with Crippen molar-refractivity contribution < 1.29 is 27.9 Å². The fraction of sp³-hybridized carbons (Fsp3) is 0.222. The number of urea groups is 1. The van der Waals surface area contributed by atoms with E-state index in [4.69, 9.17) is 18.0 Å². The molecule has 1 aromatic heterocycles. The molecule has 0 radical (unpaired) electrons. The van der Waals surface area contributed by atoms with E-state index in [1.807, 2.05) is 0 Å². The van der Waals surface area contributed by atoms with Gasteiger partial charge in [-0.1, -0.05) is 23.7 Å². The summed E-state index contributed by atoms with van der Waals surface area (Å²) in [4.78, 5) is 28.3. The molecule has 8 nitrogen and oxygen atoms in total. The highest BCUT2D eigenvalue weighted by atomic mass is 35.5. The topological polar surface area (TPSA) is 116 Å². The van der Waals surface area contributed by atoms with E-state index in [1.165, 1.54) is 12.3 Å².